The molecule has 20 heteroatoms. The number of hydrazine groups is 1. The number of nitrogens with zero attached hydrogens (tertiary/aromatic N) is 5. The van der Waals surface area contributed by atoms with E-state index in [2.05, 4.69) is 24.9 Å². The Kier molecular flexibility index (Phi) is 9.08. The molecule has 258 valence electrons. The summed E-state index contributed by atoms with van der Waals surface area (Å²) < 4.78 is 62.2. The summed E-state index contributed by atoms with van der Waals surface area (Å²) in [6.45, 7) is 5.92. The van der Waals surface area contributed by atoms with Crippen LogP contribution in [0, 0.1) is 0 Å². The highest BCUT2D eigenvalue weighted by molar-refractivity contribution is 7.88. The molecule has 0 bridgehead atoms. The highest BCUT2D eigenvalue weighted by atomic mass is 32.2. The zero-order chi connectivity index (χ0) is 34.6. The fraction of sp³-hybridized carbons (Fsp3) is 0.556. The van der Waals surface area contributed by atoms with Gasteiger partial charge in [-0.1, -0.05) is 18.2 Å². The summed E-state index contributed by atoms with van der Waals surface area (Å²) in [6, 6.07) is 8.18. The maximum absolute atomic E-state index is 14.2. The molecule has 18 nitrogen and oxygen atoms in total. The van der Waals surface area contributed by atoms with E-state index in [1.54, 1.807) is 51.1 Å². The molecule has 1 aromatic carbocycles. The molecule has 3 heterocycles. The van der Waals surface area contributed by atoms with Crippen LogP contribution in [0.3, 0.4) is 0 Å². The van der Waals surface area contributed by atoms with Crippen molar-refractivity contribution in [2.45, 2.75) is 75.7 Å². The first-order valence-corrected chi connectivity index (χ1v) is 17.9. The molecular formula is C27H39N8O10PS. The minimum atomic E-state index is -4.34. The molecule has 2 aliphatic rings. The lowest BCUT2D eigenvalue weighted by molar-refractivity contribution is -0.158. The van der Waals surface area contributed by atoms with Crippen LogP contribution in [0.4, 0.5) is 11.8 Å². The van der Waals surface area contributed by atoms with Crippen molar-refractivity contribution in [3.63, 3.8) is 0 Å². The Morgan fingerprint density at radius 2 is 1.91 bits per heavy atom. The predicted octanol–water partition coefficient (Wildman–Crippen LogP) is 0.986. The largest absolute Gasteiger partial charge is 0.459 e. The highest BCUT2D eigenvalue weighted by Gasteiger charge is 2.58. The number of aliphatic hydroxyl groups excluding tert-OH is 1. The number of para-hydroxylation sites is 1. The number of anilines is 2. The molecule has 0 amide bonds. The molecule has 3 aromatic rings. The molecule has 5 atom stereocenters. The van der Waals surface area contributed by atoms with Crippen LogP contribution < -0.4 is 25.2 Å². The number of imidazole rings is 1. The lowest BCUT2D eigenvalue weighted by Gasteiger charge is -2.28. The summed E-state index contributed by atoms with van der Waals surface area (Å²) in [5, 5.41) is 26.4. The number of carbonyl (C=O) groups excluding carboxylic acids is 1. The van der Waals surface area contributed by atoms with Crippen LogP contribution in [0.5, 0.6) is 5.75 Å². The van der Waals surface area contributed by atoms with Crippen LogP contribution in [0.1, 0.15) is 46.8 Å². The Hall–Kier alpha value is -3.42. The molecule has 5 rings (SSSR count). The number of hydrogen-bond donors (Lipinski definition) is 5. The predicted molar refractivity (Wildman–Crippen MR) is 168 cm³/mol. The van der Waals surface area contributed by atoms with Gasteiger partial charge < -0.3 is 29.9 Å². The number of carbonyl (C=O) groups is 1. The molecule has 2 aromatic heterocycles. The van der Waals surface area contributed by atoms with Gasteiger partial charge in [0.25, 0.3) is 0 Å². The Labute approximate surface area is 271 Å². The van der Waals surface area contributed by atoms with Crippen LogP contribution >= 0.6 is 7.75 Å². The average molecular weight is 699 g/mol. The lowest BCUT2D eigenvalue weighted by atomic mass is 9.96. The maximum Gasteiger partial charge on any atom is 0.459 e. The first kappa shape index (κ1) is 34.9. The number of nitrogens with one attached hydrogen (secondary N) is 2. The molecule has 1 aliphatic heterocycles. The number of rotatable bonds is 12. The monoisotopic (exact) mass is 698 g/mol. The minimum absolute atomic E-state index is 0.0128. The number of fused-ring (bicyclic) bond motifs is 1. The van der Waals surface area contributed by atoms with Gasteiger partial charge >= 0.3 is 13.7 Å². The first-order valence-electron chi connectivity index (χ1n) is 14.5. The fourth-order valence-corrected chi connectivity index (χ4v) is 7.32. The van der Waals surface area contributed by atoms with Gasteiger partial charge in [-0.25, -0.2) is 18.0 Å². The second kappa shape index (κ2) is 12.2. The third kappa shape index (κ3) is 7.68. The molecule has 0 radical (unpaired) electrons. The number of aliphatic hydroxyl groups is 2. The van der Waals surface area contributed by atoms with E-state index in [1.807, 2.05) is 0 Å². The molecule has 2 fully saturated rings. The van der Waals surface area contributed by atoms with E-state index in [4.69, 9.17) is 24.3 Å². The topological polar surface area (TPSA) is 243 Å². The van der Waals surface area contributed by atoms with Crippen molar-refractivity contribution in [3.8, 4) is 5.75 Å². The summed E-state index contributed by atoms with van der Waals surface area (Å²) in [6.07, 6.45) is -1.33. The summed E-state index contributed by atoms with van der Waals surface area (Å²) in [4.78, 5) is 27.8. The first-order chi connectivity index (χ1) is 21.7. The number of benzene rings is 1. The van der Waals surface area contributed by atoms with Gasteiger partial charge in [0.2, 0.25) is 16.0 Å². The van der Waals surface area contributed by atoms with E-state index in [9.17, 15) is 28.0 Å². The highest BCUT2D eigenvalue weighted by Crippen LogP contribution is 2.53. The lowest BCUT2D eigenvalue weighted by Crippen LogP contribution is -2.45. The number of aromatic nitrogens is 4. The van der Waals surface area contributed by atoms with Crippen molar-refractivity contribution < 1.29 is 46.5 Å². The molecule has 6 N–H and O–H groups in total. The van der Waals surface area contributed by atoms with Gasteiger partial charge in [0.15, 0.2) is 23.2 Å². The third-order valence-electron chi connectivity index (χ3n) is 7.32. The summed E-state index contributed by atoms with van der Waals surface area (Å²) in [5.74, 6) is -0.651. The SMILES string of the molecule is CN(NS(C)(=O)=O)c1nc(N)nc2c1ncn2C1OC(COP(=O)(NC2(C(=O)OC(C)(C)C)CC2)Oc2ccccc2)[C@@H](O)[C@@]1(C)O. The Morgan fingerprint density at radius 3 is 2.51 bits per heavy atom. The van der Waals surface area contributed by atoms with E-state index in [1.165, 1.54) is 24.9 Å². The van der Waals surface area contributed by atoms with Gasteiger partial charge in [-0.2, -0.15) is 15.1 Å². The molecule has 1 saturated carbocycles. The standard InChI is InChI=1S/C27H39N8O10PS/c1-25(2,3)44-23(37)27(12-13-27)32-46(39,45-16-10-8-7-9-11-16)42-14-17-19(36)26(4,38)22(43-17)35-15-29-18-20(30-24(28)31-21(18)35)34(5)33-47(6,40)41/h7-11,15,17,19,22,33,36,38H,12-14H2,1-6H3,(H,32,39)(H2,28,30,31)/t17?,19-,22?,26-,46?/m1/s1. The van der Waals surface area contributed by atoms with Crippen molar-refractivity contribution in [1.29, 1.82) is 0 Å². The minimum Gasteiger partial charge on any atom is -0.459 e. The summed E-state index contributed by atoms with van der Waals surface area (Å²) in [5.41, 5.74) is 1.99. The fourth-order valence-electron chi connectivity index (χ4n) is 4.99. The number of hydrogen-bond acceptors (Lipinski definition) is 15. The summed E-state index contributed by atoms with van der Waals surface area (Å²) in [7, 11) is -6.64. The molecule has 3 unspecified atom stereocenters. The second-order valence-electron chi connectivity index (χ2n) is 12.7. The van der Waals surface area contributed by atoms with Gasteiger partial charge in [0, 0.05) is 7.05 Å². The van der Waals surface area contributed by atoms with Crippen LogP contribution in [0.15, 0.2) is 36.7 Å². The van der Waals surface area contributed by atoms with Crippen LogP contribution in [-0.2, 0) is 33.4 Å². The van der Waals surface area contributed by atoms with E-state index >= 15 is 0 Å². The number of nitrogens with two attached hydrogens (primary N) is 1. The third-order valence-corrected chi connectivity index (χ3v) is 9.56. The van der Waals surface area contributed by atoms with Crippen LogP contribution in [0.2, 0.25) is 0 Å². The second-order valence-corrected chi connectivity index (χ2v) is 16.1. The molecule has 1 aliphatic carbocycles. The number of ether oxygens (including phenoxy) is 2. The molecule has 47 heavy (non-hydrogen) atoms. The number of sulfonamides is 1. The molecular weight excluding hydrogens is 659 g/mol. The van der Waals surface area contributed by atoms with Crippen molar-refractivity contribution in [2.75, 3.05) is 30.7 Å². The Balaban J connectivity index is 1.40. The maximum atomic E-state index is 14.2. The van der Waals surface area contributed by atoms with E-state index in [0.29, 0.717) is 12.8 Å². The van der Waals surface area contributed by atoms with Gasteiger partial charge in [0.05, 0.1) is 19.2 Å². The van der Waals surface area contributed by atoms with Crippen LogP contribution in [-0.4, -0.2) is 93.0 Å². The number of nitrogen functional groups attached to an aromatic ring is 1. The van der Waals surface area contributed by atoms with Gasteiger partial charge in [0.1, 0.15) is 34.7 Å². The zero-order valence-corrected chi connectivity index (χ0v) is 28.4. The molecule has 1 saturated heterocycles. The quantitative estimate of drug-likeness (QED) is 0.101. The van der Waals surface area contributed by atoms with E-state index < -0.39 is 65.5 Å². The summed E-state index contributed by atoms with van der Waals surface area (Å²) >= 11 is 0. The molecule has 0 spiro atoms. The van der Waals surface area contributed by atoms with Gasteiger partial charge in [-0.3, -0.25) is 18.9 Å². The van der Waals surface area contributed by atoms with Crippen molar-refractivity contribution in [1.82, 2.24) is 29.4 Å². The van der Waals surface area contributed by atoms with Crippen LogP contribution in [0.25, 0.3) is 11.2 Å². The normalized spacial score (nSPS) is 25.3. The average Bonchev–Trinajstić information content (AvgIpc) is 3.54. The van der Waals surface area contributed by atoms with Crippen molar-refractivity contribution in [2.24, 2.45) is 0 Å². The smallest absolute Gasteiger partial charge is 0.459 e. The van der Waals surface area contributed by atoms with E-state index in [-0.39, 0.29) is 28.7 Å². The van der Waals surface area contributed by atoms with Gasteiger partial charge in [-0.05, 0) is 52.7 Å². The zero-order valence-electron chi connectivity index (χ0n) is 26.6. The Morgan fingerprint density at radius 1 is 1.26 bits per heavy atom. The number of esters is 1. The van der Waals surface area contributed by atoms with Gasteiger partial charge in [-0.15, -0.1) is 4.83 Å². The van der Waals surface area contributed by atoms with Crippen molar-refractivity contribution >= 4 is 46.7 Å². The van der Waals surface area contributed by atoms with Crippen molar-refractivity contribution in [3.05, 3.63) is 36.7 Å². The Bertz CT molecular complexity index is 1800. The van der Waals surface area contributed by atoms with E-state index in [0.717, 1.165) is 11.3 Å².